The summed E-state index contributed by atoms with van der Waals surface area (Å²) in [6, 6.07) is 6.11. The molecule has 0 saturated heterocycles. The fraction of sp³-hybridized carbons (Fsp3) is 0.462. The van der Waals surface area contributed by atoms with Gasteiger partial charge in [-0.25, -0.2) is 4.68 Å². The number of rotatable bonds is 3. The Hall–Kier alpha value is -1.60. The van der Waals surface area contributed by atoms with Gasteiger partial charge in [-0.1, -0.05) is 17.8 Å². The van der Waals surface area contributed by atoms with E-state index >= 15 is 0 Å². The lowest BCUT2D eigenvalue weighted by Crippen LogP contribution is -2.29. The summed E-state index contributed by atoms with van der Waals surface area (Å²) in [4.78, 5) is 0. The van der Waals surface area contributed by atoms with E-state index in [9.17, 15) is 0 Å². The van der Waals surface area contributed by atoms with Crippen LogP contribution in [0.4, 0.5) is 0 Å². The third-order valence-corrected chi connectivity index (χ3v) is 5.03. The Morgan fingerprint density at radius 3 is 3.00 bits per heavy atom. The second-order valence-electron chi connectivity index (χ2n) is 4.87. The fourth-order valence-electron chi connectivity index (χ4n) is 2.52. The highest BCUT2D eigenvalue weighted by Crippen LogP contribution is 2.38. The van der Waals surface area contributed by atoms with Gasteiger partial charge in [-0.05, 0) is 46.5 Å². The summed E-state index contributed by atoms with van der Waals surface area (Å²) < 4.78 is 6.95. The zero-order valence-electron chi connectivity index (χ0n) is 11.5. The van der Waals surface area contributed by atoms with Crippen molar-refractivity contribution in [1.82, 2.24) is 20.2 Å². The molecule has 1 aliphatic rings. The van der Waals surface area contributed by atoms with Crippen molar-refractivity contribution in [2.24, 2.45) is 12.8 Å². The van der Waals surface area contributed by atoms with Gasteiger partial charge in [0.25, 0.3) is 0 Å². The average molecular weight is 291 g/mol. The van der Waals surface area contributed by atoms with Gasteiger partial charge in [0.2, 0.25) is 5.16 Å². The summed E-state index contributed by atoms with van der Waals surface area (Å²) >= 11 is 1.65. The van der Waals surface area contributed by atoms with Gasteiger partial charge >= 0.3 is 0 Å². The molecule has 2 atom stereocenters. The minimum atomic E-state index is -0.00800. The molecule has 0 spiro atoms. The van der Waals surface area contributed by atoms with Crippen molar-refractivity contribution in [2.75, 3.05) is 7.11 Å². The smallest absolute Gasteiger partial charge is 0.209 e. The topological polar surface area (TPSA) is 78.9 Å². The van der Waals surface area contributed by atoms with Crippen LogP contribution in [0.15, 0.2) is 23.4 Å². The highest BCUT2D eigenvalue weighted by atomic mass is 32.2. The molecule has 0 saturated carbocycles. The van der Waals surface area contributed by atoms with Crippen LogP contribution >= 0.6 is 11.8 Å². The Bertz CT molecular complexity index is 615. The highest BCUT2D eigenvalue weighted by Gasteiger charge is 2.29. The van der Waals surface area contributed by atoms with E-state index in [2.05, 4.69) is 27.7 Å². The van der Waals surface area contributed by atoms with Gasteiger partial charge < -0.3 is 10.5 Å². The Kier molecular flexibility index (Phi) is 3.62. The van der Waals surface area contributed by atoms with Gasteiger partial charge in [0.15, 0.2) is 0 Å². The van der Waals surface area contributed by atoms with E-state index in [1.807, 2.05) is 13.1 Å². The number of nitrogens with zero attached hydrogens (tertiary/aromatic N) is 4. The zero-order chi connectivity index (χ0) is 14.1. The first-order valence-corrected chi connectivity index (χ1v) is 7.38. The molecule has 6 nitrogen and oxygen atoms in total. The number of aromatic nitrogens is 4. The lowest BCUT2D eigenvalue weighted by Gasteiger charge is -2.30. The average Bonchev–Trinajstić information content (AvgIpc) is 2.87. The second-order valence-corrected chi connectivity index (χ2v) is 6.08. The first kappa shape index (κ1) is 13.4. The number of tetrazole rings is 1. The minimum absolute atomic E-state index is 0.00800. The molecule has 1 aromatic heterocycles. The molecule has 0 aliphatic heterocycles. The number of fused-ring (bicyclic) bond motifs is 1. The van der Waals surface area contributed by atoms with Crippen molar-refractivity contribution in [3.8, 4) is 5.75 Å². The normalized spacial score (nSPS) is 21.6. The van der Waals surface area contributed by atoms with E-state index in [0.717, 1.165) is 23.7 Å². The fourth-order valence-corrected chi connectivity index (χ4v) is 3.59. The molecule has 106 valence electrons. The molecule has 7 heteroatoms. The van der Waals surface area contributed by atoms with Gasteiger partial charge in [0.1, 0.15) is 5.75 Å². The summed E-state index contributed by atoms with van der Waals surface area (Å²) in [5.74, 6) is 0.888. The van der Waals surface area contributed by atoms with Crippen LogP contribution in [-0.2, 0) is 13.5 Å². The van der Waals surface area contributed by atoms with E-state index < -0.39 is 0 Å². The quantitative estimate of drug-likeness (QED) is 0.919. The Morgan fingerprint density at radius 1 is 1.45 bits per heavy atom. The summed E-state index contributed by atoms with van der Waals surface area (Å²) in [5, 5.41) is 12.6. The van der Waals surface area contributed by atoms with Crippen LogP contribution in [0, 0.1) is 0 Å². The number of nitrogens with two attached hydrogens (primary N) is 1. The van der Waals surface area contributed by atoms with Crippen LogP contribution in [0.3, 0.4) is 0 Å². The van der Waals surface area contributed by atoms with Crippen LogP contribution in [0.25, 0.3) is 0 Å². The Morgan fingerprint density at radius 2 is 2.30 bits per heavy atom. The molecular weight excluding hydrogens is 274 g/mol. The van der Waals surface area contributed by atoms with E-state index in [1.54, 1.807) is 23.6 Å². The van der Waals surface area contributed by atoms with Crippen LogP contribution in [-0.4, -0.2) is 32.6 Å². The van der Waals surface area contributed by atoms with Crippen LogP contribution in [0.5, 0.6) is 5.75 Å². The van der Waals surface area contributed by atoms with Crippen molar-refractivity contribution in [3.05, 3.63) is 29.3 Å². The third kappa shape index (κ3) is 2.38. The highest BCUT2D eigenvalue weighted by molar-refractivity contribution is 7.99. The number of methoxy groups -OCH3 is 1. The molecule has 1 aliphatic carbocycles. The molecule has 0 bridgehead atoms. The van der Waals surface area contributed by atoms with Gasteiger partial charge in [0.05, 0.1) is 7.11 Å². The zero-order valence-corrected chi connectivity index (χ0v) is 12.3. The van der Waals surface area contributed by atoms with Crippen molar-refractivity contribution < 1.29 is 4.74 Å². The maximum absolute atomic E-state index is 6.41. The molecule has 20 heavy (non-hydrogen) atoms. The minimum Gasteiger partial charge on any atom is -0.497 e. The standard InChI is InChI=1S/C13H17N5OS/c1-18-13(15-16-17-18)20-11-6-3-8-7-9(19-2)4-5-10(8)12(11)14/h4-5,7,11-12H,3,6,14H2,1-2H3. The molecule has 0 amide bonds. The molecule has 2 aromatic rings. The predicted molar refractivity (Wildman–Crippen MR) is 76.7 cm³/mol. The number of aryl methyl sites for hydroxylation is 2. The summed E-state index contributed by atoms with van der Waals surface area (Å²) in [6.07, 6.45) is 2.02. The number of hydrogen-bond acceptors (Lipinski definition) is 6. The Balaban J connectivity index is 1.82. The van der Waals surface area contributed by atoms with Crippen LogP contribution < -0.4 is 10.5 Å². The van der Waals surface area contributed by atoms with Crippen LogP contribution in [0.2, 0.25) is 0 Å². The lowest BCUT2D eigenvalue weighted by atomic mass is 9.87. The van der Waals surface area contributed by atoms with Gasteiger partial charge in [0, 0.05) is 18.3 Å². The number of hydrogen-bond donors (Lipinski definition) is 1. The largest absolute Gasteiger partial charge is 0.497 e. The van der Waals surface area contributed by atoms with E-state index in [0.29, 0.717) is 5.25 Å². The number of benzene rings is 1. The van der Waals surface area contributed by atoms with E-state index in [4.69, 9.17) is 10.5 Å². The van der Waals surface area contributed by atoms with Gasteiger partial charge in [-0.3, -0.25) is 0 Å². The summed E-state index contributed by atoms with van der Waals surface area (Å²) in [6.45, 7) is 0. The predicted octanol–water partition coefficient (Wildman–Crippen LogP) is 1.33. The molecule has 3 rings (SSSR count). The molecule has 0 fully saturated rings. The number of thioether (sulfide) groups is 1. The first-order valence-electron chi connectivity index (χ1n) is 6.50. The summed E-state index contributed by atoms with van der Waals surface area (Å²) in [5.41, 5.74) is 8.89. The molecule has 0 radical (unpaired) electrons. The monoisotopic (exact) mass is 291 g/mol. The second kappa shape index (κ2) is 5.41. The third-order valence-electron chi connectivity index (χ3n) is 3.65. The number of ether oxygens (including phenoxy) is 1. The molecule has 1 heterocycles. The molecule has 2 unspecified atom stereocenters. The molecular formula is C13H17N5OS. The van der Waals surface area contributed by atoms with E-state index in [-0.39, 0.29) is 6.04 Å². The van der Waals surface area contributed by atoms with Crippen molar-refractivity contribution in [2.45, 2.75) is 29.3 Å². The maximum Gasteiger partial charge on any atom is 0.209 e. The summed E-state index contributed by atoms with van der Waals surface area (Å²) in [7, 11) is 3.53. The Labute approximate surface area is 121 Å². The van der Waals surface area contributed by atoms with E-state index in [1.165, 1.54) is 11.1 Å². The van der Waals surface area contributed by atoms with Gasteiger partial charge in [-0.2, -0.15) is 0 Å². The SMILES string of the molecule is COc1ccc2c(c1)CCC(Sc1nnnn1C)C2N. The van der Waals surface area contributed by atoms with Crippen molar-refractivity contribution in [3.63, 3.8) is 0 Å². The first-order chi connectivity index (χ1) is 9.69. The molecule has 1 aromatic carbocycles. The van der Waals surface area contributed by atoms with Crippen LogP contribution in [0.1, 0.15) is 23.6 Å². The lowest BCUT2D eigenvalue weighted by molar-refractivity contribution is 0.413. The van der Waals surface area contributed by atoms with Gasteiger partial charge in [-0.15, -0.1) is 5.10 Å². The molecule has 2 N–H and O–H groups in total. The van der Waals surface area contributed by atoms with Crippen molar-refractivity contribution in [1.29, 1.82) is 0 Å². The maximum atomic E-state index is 6.41. The van der Waals surface area contributed by atoms with Crippen molar-refractivity contribution >= 4 is 11.8 Å².